The zero-order valence-electron chi connectivity index (χ0n) is 15.4. The minimum absolute atomic E-state index is 0.182. The third-order valence-electron chi connectivity index (χ3n) is 4.37. The molecule has 1 saturated heterocycles. The van der Waals surface area contributed by atoms with E-state index in [1.165, 1.54) is 0 Å². The molecule has 2 N–H and O–H groups in total. The number of ether oxygens (including phenoxy) is 1. The highest BCUT2D eigenvalue weighted by atomic mass is 16.6. The van der Waals surface area contributed by atoms with Crippen LogP contribution in [0.5, 0.6) is 0 Å². The lowest BCUT2D eigenvalue weighted by molar-refractivity contribution is 0.0148. The number of aliphatic hydroxyl groups excluding tert-OH is 1. The van der Waals surface area contributed by atoms with Crippen LogP contribution in [-0.4, -0.2) is 54.0 Å². The van der Waals surface area contributed by atoms with E-state index < -0.39 is 5.60 Å². The van der Waals surface area contributed by atoms with Crippen LogP contribution in [0.4, 0.5) is 4.79 Å². The van der Waals surface area contributed by atoms with Crippen LogP contribution in [0.25, 0.3) is 0 Å². The average molecular weight is 328 g/mol. The molecule has 5 heteroatoms. The molecule has 0 aromatic carbocycles. The first-order valence-corrected chi connectivity index (χ1v) is 9.15. The van der Waals surface area contributed by atoms with Crippen molar-refractivity contribution in [2.45, 2.75) is 77.9 Å². The Hall–Kier alpha value is -0.810. The van der Waals surface area contributed by atoms with Crippen LogP contribution in [0.15, 0.2) is 0 Å². The molecule has 2 atom stereocenters. The predicted molar refractivity (Wildman–Crippen MR) is 93.5 cm³/mol. The number of nitrogens with zero attached hydrogens (tertiary/aromatic N) is 1. The zero-order valence-corrected chi connectivity index (χ0v) is 15.4. The van der Waals surface area contributed by atoms with Gasteiger partial charge in [0.05, 0.1) is 0 Å². The van der Waals surface area contributed by atoms with Gasteiger partial charge in [0, 0.05) is 25.7 Å². The molecule has 1 amide bonds. The number of nitrogens with one attached hydrogen (secondary N) is 1. The van der Waals surface area contributed by atoms with Crippen molar-refractivity contribution in [1.29, 1.82) is 0 Å². The van der Waals surface area contributed by atoms with Gasteiger partial charge in [0.1, 0.15) is 5.60 Å². The molecule has 0 aliphatic carbocycles. The lowest BCUT2D eigenvalue weighted by Gasteiger charge is -2.36. The van der Waals surface area contributed by atoms with Crippen molar-refractivity contribution >= 4 is 6.09 Å². The molecule has 0 saturated carbocycles. The maximum atomic E-state index is 12.2. The maximum absolute atomic E-state index is 12.2. The van der Waals surface area contributed by atoms with E-state index in [1.807, 2.05) is 25.7 Å². The first-order valence-electron chi connectivity index (χ1n) is 9.15. The van der Waals surface area contributed by atoms with Gasteiger partial charge in [0.2, 0.25) is 0 Å². The van der Waals surface area contributed by atoms with Crippen molar-refractivity contribution in [1.82, 2.24) is 10.2 Å². The quantitative estimate of drug-likeness (QED) is 0.672. The monoisotopic (exact) mass is 328 g/mol. The van der Waals surface area contributed by atoms with Gasteiger partial charge in [-0.1, -0.05) is 12.8 Å². The second-order valence-electron chi connectivity index (χ2n) is 7.71. The largest absolute Gasteiger partial charge is 0.444 e. The van der Waals surface area contributed by atoms with E-state index in [9.17, 15) is 4.79 Å². The van der Waals surface area contributed by atoms with Gasteiger partial charge in [-0.3, -0.25) is 0 Å². The van der Waals surface area contributed by atoms with Gasteiger partial charge >= 0.3 is 6.09 Å². The Balaban J connectivity index is 2.29. The van der Waals surface area contributed by atoms with Crippen LogP contribution in [0, 0.1) is 5.92 Å². The van der Waals surface area contributed by atoms with Gasteiger partial charge in [-0.2, -0.15) is 0 Å². The van der Waals surface area contributed by atoms with Crippen molar-refractivity contribution in [2.24, 2.45) is 5.92 Å². The van der Waals surface area contributed by atoms with Crippen LogP contribution >= 0.6 is 0 Å². The first kappa shape index (κ1) is 20.2. The van der Waals surface area contributed by atoms with Crippen LogP contribution in [0.1, 0.15) is 66.2 Å². The number of unbranched alkanes of at least 4 members (excludes halogenated alkanes) is 3. The summed E-state index contributed by atoms with van der Waals surface area (Å²) >= 11 is 0. The lowest BCUT2D eigenvalue weighted by atomic mass is 9.91. The van der Waals surface area contributed by atoms with E-state index in [4.69, 9.17) is 9.84 Å². The normalized spacial score (nSPS) is 20.4. The van der Waals surface area contributed by atoms with E-state index in [1.54, 1.807) is 0 Å². The number of carbonyl (C=O) groups excluding carboxylic acids is 1. The summed E-state index contributed by atoms with van der Waals surface area (Å²) in [5, 5.41) is 12.4. The highest BCUT2D eigenvalue weighted by Crippen LogP contribution is 2.22. The maximum Gasteiger partial charge on any atom is 0.410 e. The summed E-state index contributed by atoms with van der Waals surface area (Å²) in [4.78, 5) is 14.1. The smallest absolute Gasteiger partial charge is 0.410 e. The standard InChI is InChI=1S/C18H36N2O3/c1-15(19-11-7-5-6-8-13-21)16-10-9-12-20(14-16)17(22)23-18(2,3)4/h15-16,19,21H,5-14H2,1-4H3. The molecule has 2 unspecified atom stereocenters. The minimum atomic E-state index is -0.428. The van der Waals surface area contributed by atoms with Gasteiger partial charge in [0.25, 0.3) is 0 Å². The molecule has 5 nitrogen and oxygen atoms in total. The van der Waals surface area contributed by atoms with E-state index >= 15 is 0 Å². The summed E-state index contributed by atoms with van der Waals surface area (Å²) in [5.41, 5.74) is -0.428. The summed E-state index contributed by atoms with van der Waals surface area (Å²) in [7, 11) is 0. The van der Waals surface area contributed by atoms with Gasteiger partial charge in [-0.25, -0.2) is 4.79 Å². The SMILES string of the molecule is CC(NCCCCCCO)C1CCCN(C(=O)OC(C)(C)C)C1. The summed E-state index contributed by atoms with van der Waals surface area (Å²) < 4.78 is 5.49. The summed E-state index contributed by atoms with van der Waals surface area (Å²) in [5.74, 6) is 0.494. The molecule has 1 rings (SSSR count). The molecule has 1 aliphatic rings. The Morgan fingerprint density at radius 1 is 1.30 bits per heavy atom. The molecule has 0 aromatic rings. The molecule has 1 heterocycles. The minimum Gasteiger partial charge on any atom is -0.444 e. The van der Waals surface area contributed by atoms with Gasteiger partial charge in [0.15, 0.2) is 0 Å². The molecular formula is C18H36N2O3. The third kappa shape index (κ3) is 8.56. The number of piperidine rings is 1. The predicted octanol–water partition coefficient (Wildman–Crippen LogP) is 3.16. The van der Waals surface area contributed by atoms with E-state index in [2.05, 4.69) is 12.2 Å². The molecular weight excluding hydrogens is 292 g/mol. The fourth-order valence-corrected chi connectivity index (χ4v) is 3.00. The van der Waals surface area contributed by atoms with Crippen molar-refractivity contribution in [3.63, 3.8) is 0 Å². The second kappa shape index (κ2) is 10.1. The average Bonchev–Trinajstić information content (AvgIpc) is 2.49. The van der Waals surface area contributed by atoms with E-state index in [-0.39, 0.29) is 6.09 Å². The van der Waals surface area contributed by atoms with E-state index in [0.717, 1.165) is 58.2 Å². The number of carbonyl (C=O) groups is 1. The molecule has 1 aliphatic heterocycles. The van der Waals surface area contributed by atoms with Crippen LogP contribution in [0.2, 0.25) is 0 Å². The van der Waals surface area contributed by atoms with Gasteiger partial charge < -0.3 is 20.1 Å². The molecule has 0 radical (unpaired) electrons. The molecule has 23 heavy (non-hydrogen) atoms. The third-order valence-corrected chi connectivity index (χ3v) is 4.37. The van der Waals surface area contributed by atoms with Crippen molar-refractivity contribution in [2.75, 3.05) is 26.2 Å². The molecule has 0 spiro atoms. The fourth-order valence-electron chi connectivity index (χ4n) is 3.00. The van der Waals surface area contributed by atoms with Crippen molar-refractivity contribution in [3.05, 3.63) is 0 Å². The topological polar surface area (TPSA) is 61.8 Å². The second-order valence-corrected chi connectivity index (χ2v) is 7.71. The number of aliphatic hydroxyl groups is 1. The molecule has 0 aromatic heterocycles. The lowest BCUT2D eigenvalue weighted by Crippen LogP contribution is -2.48. The Labute approximate surface area is 141 Å². The molecule has 136 valence electrons. The number of hydrogen-bond donors (Lipinski definition) is 2. The number of hydrogen-bond acceptors (Lipinski definition) is 4. The van der Waals surface area contributed by atoms with Crippen LogP contribution < -0.4 is 5.32 Å². The van der Waals surface area contributed by atoms with Crippen molar-refractivity contribution < 1.29 is 14.6 Å². The van der Waals surface area contributed by atoms with E-state index in [0.29, 0.717) is 18.6 Å². The Morgan fingerprint density at radius 3 is 2.65 bits per heavy atom. The van der Waals surface area contributed by atoms with Gasteiger partial charge in [-0.05, 0) is 65.8 Å². The summed E-state index contributed by atoms with van der Waals surface area (Å²) in [6.45, 7) is 10.8. The van der Waals surface area contributed by atoms with Gasteiger partial charge in [-0.15, -0.1) is 0 Å². The van der Waals surface area contributed by atoms with Crippen LogP contribution in [0.3, 0.4) is 0 Å². The number of rotatable bonds is 8. The zero-order chi connectivity index (χ0) is 17.3. The summed E-state index contributed by atoms with van der Waals surface area (Å²) in [6.07, 6.45) is 6.34. The van der Waals surface area contributed by atoms with Crippen molar-refractivity contribution in [3.8, 4) is 0 Å². The fraction of sp³-hybridized carbons (Fsp3) is 0.944. The Morgan fingerprint density at radius 2 is 2.00 bits per heavy atom. The van der Waals surface area contributed by atoms with Crippen LogP contribution in [-0.2, 0) is 4.74 Å². The number of likely N-dealkylation sites (tertiary alicyclic amines) is 1. The Bertz CT molecular complexity index is 342. The number of amides is 1. The highest BCUT2D eigenvalue weighted by molar-refractivity contribution is 5.68. The molecule has 0 bridgehead atoms. The molecule has 1 fully saturated rings. The highest BCUT2D eigenvalue weighted by Gasteiger charge is 2.29. The summed E-state index contributed by atoms with van der Waals surface area (Å²) in [6, 6.07) is 0.415. The Kier molecular flexibility index (Phi) is 8.92. The first-order chi connectivity index (χ1) is 10.8.